The van der Waals surface area contributed by atoms with Crippen molar-refractivity contribution in [2.24, 2.45) is 0 Å². The molecule has 3 nitrogen and oxygen atoms in total. The second-order valence-corrected chi connectivity index (χ2v) is 2.74. The fraction of sp³-hybridized carbons (Fsp3) is 0. The molecule has 1 heterocycles. The quantitative estimate of drug-likeness (QED) is 0.549. The summed E-state index contributed by atoms with van der Waals surface area (Å²) in [7, 11) is 0. The minimum atomic E-state index is 0. The summed E-state index contributed by atoms with van der Waals surface area (Å²) in [6.45, 7) is 0. The molecule has 0 saturated carbocycles. The molecule has 5 heteroatoms. The molecular formula is C8H8N3NaS. The number of hydrogen-bond donors (Lipinski definition) is 1. The van der Waals surface area contributed by atoms with Crippen LogP contribution >= 0.6 is 12.6 Å². The molecule has 0 atom stereocenters. The Bertz CT molecular complexity index is 374. The molecule has 0 bridgehead atoms. The SMILES string of the molecule is Sc1nncn1-c1ccccc1.[NaH]. The van der Waals surface area contributed by atoms with E-state index in [9.17, 15) is 0 Å². The molecule has 0 aliphatic carbocycles. The van der Waals surface area contributed by atoms with Gasteiger partial charge >= 0.3 is 29.6 Å². The van der Waals surface area contributed by atoms with Crippen LogP contribution in [0.4, 0.5) is 0 Å². The van der Waals surface area contributed by atoms with E-state index >= 15 is 0 Å². The molecule has 0 aliphatic rings. The van der Waals surface area contributed by atoms with Gasteiger partial charge in [-0.2, -0.15) is 0 Å². The standard InChI is InChI=1S/C8H7N3S.Na.H/c12-8-10-9-6-11(8)7-4-2-1-3-5-7;;/h1-6H,(H,10,12);;. The van der Waals surface area contributed by atoms with Gasteiger partial charge in [0.25, 0.3) is 0 Å². The monoisotopic (exact) mass is 201 g/mol. The van der Waals surface area contributed by atoms with Gasteiger partial charge < -0.3 is 0 Å². The zero-order valence-electron chi connectivity index (χ0n) is 6.25. The molecule has 0 radical (unpaired) electrons. The van der Waals surface area contributed by atoms with Gasteiger partial charge in [-0.25, -0.2) is 0 Å². The fourth-order valence-corrected chi connectivity index (χ4v) is 1.22. The number of aromatic nitrogens is 3. The first kappa shape index (κ1) is 10.8. The zero-order valence-corrected chi connectivity index (χ0v) is 7.15. The van der Waals surface area contributed by atoms with Gasteiger partial charge in [-0.3, -0.25) is 4.57 Å². The van der Waals surface area contributed by atoms with Crippen molar-refractivity contribution in [1.82, 2.24) is 14.8 Å². The summed E-state index contributed by atoms with van der Waals surface area (Å²) in [5.41, 5.74) is 1.02. The van der Waals surface area contributed by atoms with E-state index in [1.165, 1.54) is 0 Å². The molecule has 2 rings (SSSR count). The Balaban J connectivity index is 0.000000845. The van der Waals surface area contributed by atoms with E-state index in [-0.39, 0.29) is 29.6 Å². The van der Waals surface area contributed by atoms with E-state index in [2.05, 4.69) is 22.8 Å². The summed E-state index contributed by atoms with van der Waals surface area (Å²) in [6.07, 6.45) is 1.64. The molecule has 62 valence electrons. The van der Waals surface area contributed by atoms with Crippen LogP contribution in [0.5, 0.6) is 0 Å². The van der Waals surface area contributed by atoms with Crippen LogP contribution < -0.4 is 0 Å². The van der Waals surface area contributed by atoms with E-state index in [1.807, 2.05) is 34.9 Å². The predicted molar refractivity (Wildman–Crippen MR) is 55.8 cm³/mol. The van der Waals surface area contributed by atoms with Crippen LogP contribution in [-0.2, 0) is 0 Å². The molecule has 0 fully saturated rings. The van der Waals surface area contributed by atoms with Gasteiger partial charge in [0.2, 0.25) is 0 Å². The van der Waals surface area contributed by atoms with Crippen LogP contribution in [0.25, 0.3) is 5.69 Å². The Morgan fingerprint density at radius 2 is 1.85 bits per heavy atom. The summed E-state index contributed by atoms with van der Waals surface area (Å²) in [5, 5.41) is 8.10. The van der Waals surface area contributed by atoms with Gasteiger partial charge in [0, 0.05) is 5.69 Å². The summed E-state index contributed by atoms with van der Waals surface area (Å²) >= 11 is 4.15. The molecular weight excluding hydrogens is 193 g/mol. The Hall–Kier alpha value is -0.290. The molecule has 0 unspecified atom stereocenters. The van der Waals surface area contributed by atoms with Gasteiger partial charge in [0.05, 0.1) is 0 Å². The molecule has 2 aromatic rings. The maximum atomic E-state index is 4.15. The minimum absolute atomic E-state index is 0. The third-order valence-corrected chi connectivity index (χ3v) is 1.87. The van der Waals surface area contributed by atoms with Gasteiger partial charge in [-0.1, -0.05) is 18.2 Å². The predicted octanol–water partition coefficient (Wildman–Crippen LogP) is 0.907. The third-order valence-electron chi connectivity index (χ3n) is 1.56. The molecule has 1 aromatic heterocycles. The second kappa shape index (κ2) is 4.81. The van der Waals surface area contributed by atoms with Crippen molar-refractivity contribution >= 4 is 42.2 Å². The van der Waals surface area contributed by atoms with Crippen LogP contribution in [0.1, 0.15) is 0 Å². The topological polar surface area (TPSA) is 30.7 Å². The number of rotatable bonds is 1. The number of hydrogen-bond acceptors (Lipinski definition) is 3. The number of para-hydroxylation sites is 1. The molecule has 0 amide bonds. The van der Waals surface area contributed by atoms with Gasteiger partial charge in [0.15, 0.2) is 5.16 Å². The van der Waals surface area contributed by atoms with Crippen molar-refractivity contribution in [3.05, 3.63) is 36.7 Å². The van der Waals surface area contributed by atoms with Crippen molar-refractivity contribution < 1.29 is 0 Å². The fourth-order valence-electron chi connectivity index (χ4n) is 1.000. The molecule has 0 aliphatic heterocycles. The first-order valence-corrected chi connectivity index (χ1v) is 3.97. The van der Waals surface area contributed by atoms with E-state index < -0.39 is 0 Å². The van der Waals surface area contributed by atoms with Gasteiger partial charge in [0.1, 0.15) is 6.33 Å². The van der Waals surface area contributed by atoms with Crippen molar-refractivity contribution in [2.75, 3.05) is 0 Å². The molecule has 1 aromatic carbocycles. The molecule has 0 spiro atoms. The van der Waals surface area contributed by atoms with Crippen molar-refractivity contribution in [1.29, 1.82) is 0 Å². The summed E-state index contributed by atoms with van der Waals surface area (Å²) in [6, 6.07) is 9.84. The number of benzene rings is 1. The first-order valence-electron chi connectivity index (χ1n) is 3.52. The van der Waals surface area contributed by atoms with Crippen molar-refractivity contribution in [2.45, 2.75) is 5.16 Å². The first-order chi connectivity index (χ1) is 5.88. The van der Waals surface area contributed by atoms with Gasteiger partial charge in [-0.15, -0.1) is 22.8 Å². The zero-order chi connectivity index (χ0) is 8.39. The Labute approximate surface area is 104 Å². The molecule has 13 heavy (non-hydrogen) atoms. The van der Waals surface area contributed by atoms with Crippen LogP contribution in [0, 0.1) is 0 Å². The molecule has 0 saturated heterocycles. The van der Waals surface area contributed by atoms with Gasteiger partial charge in [-0.05, 0) is 12.1 Å². The van der Waals surface area contributed by atoms with Crippen LogP contribution in [-0.4, -0.2) is 44.3 Å². The van der Waals surface area contributed by atoms with Crippen LogP contribution in [0.15, 0.2) is 41.8 Å². The van der Waals surface area contributed by atoms with Crippen molar-refractivity contribution in [3.63, 3.8) is 0 Å². The number of thiol groups is 1. The van der Waals surface area contributed by atoms with Crippen LogP contribution in [0.3, 0.4) is 0 Å². The van der Waals surface area contributed by atoms with Crippen molar-refractivity contribution in [3.8, 4) is 5.69 Å². The van der Waals surface area contributed by atoms with Crippen LogP contribution in [0.2, 0.25) is 0 Å². The Morgan fingerprint density at radius 1 is 1.15 bits per heavy atom. The van der Waals surface area contributed by atoms with E-state index in [1.54, 1.807) is 6.33 Å². The second-order valence-electron chi connectivity index (χ2n) is 2.34. The normalized spacial score (nSPS) is 9.31. The maximum absolute atomic E-state index is 4.15. The summed E-state index contributed by atoms with van der Waals surface area (Å²) in [5.74, 6) is 0. The van der Waals surface area contributed by atoms with E-state index in [0.717, 1.165) is 5.69 Å². The summed E-state index contributed by atoms with van der Waals surface area (Å²) in [4.78, 5) is 0. The Morgan fingerprint density at radius 3 is 2.38 bits per heavy atom. The van der Waals surface area contributed by atoms with E-state index in [4.69, 9.17) is 0 Å². The third kappa shape index (κ3) is 2.34. The Kier molecular flexibility index (Phi) is 3.99. The molecule has 0 N–H and O–H groups in total. The summed E-state index contributed by atoms with van der Waals surface area (Å²) < 4.78 is 1.81. The van der Waals surface area contributed by atoms with E-state index in [0.29, 0.717) is 5.16 Å². The average Bonchev–Trinajstić information content (AvgIpc) is 2.53. The number of nitrogens with zero attached hydrogens (tertiary/aromatic N) is 3. The average molecular weight is 201 g/mol.